The quantitative estimate of drug-likeness (QED) is 0.662. The van der Waals surface area contributed by atoms with Crippen LogP contribution in [0.5, 0.6) is 5.75 Å². The van der Waals surface area contributed by atoms with Gasteiger partial charge in [-0.05, 0) is 50.6 Å². The fourth-order valence-electron chi connectivity index (χ4n) is 3.93. The number of ether oxygens (including phenoxy) is 2. The minimum Gasteiger partial charge on any atom is -0.477 e. The first-order valence-corrected chi connectivity index (χ1v) is 9.61. The van der Waals surface area contributed by atoms with E-state index in [1.54, 1.807) is 30.3 Å². The summed E-state index contributed by atoms with van der Waals surface area (Å²) in [6.07, 6.45) is 2.08. The molecule has 0 radical (unpaired) electrons. The first-order chi connectivity index (χ1) is 13.2. The number of hydrogen-bond donors (Lipinski definition) is 0. The molecule has 0 bridgehead atoms. The van der Waals surface area contributed by atoms with Crippen molar-refractivity contribution in [2.75, 3.05) is 0 Å². The first kappa shape index (κ1) is 18.8. The second-order valence-electron chi connectivity index (χ2n) is 8.17. The molecule has 0 saturated carbocycles. The molecule has 2 aromatic rings. The van der Waals surface area contributed by atoms with Crippen LogP contribution < -0.4 is 4.74 Å². The summed E-state index contributed by atoms with van der Waals surface area (Å²) in [5.41, 5.74) is -0.0373. The van der Waals surface area contributed by atoms with Crippen LogP contribution in [-0.4, -0.2) is 23.0 Å². The van der Waals surface area contributed by atoms with E-state index in [2.05, 4.69) is 0 Å². The van der Waals surface area contributed by atoms with Crippen molar-refractivity contribution in [2.45, 2.75) is 44.3 Å². The minimum atomic E-state index is -1.18. The molecular formula is C23H21ClO4. The molecule has 2 aliphatic rings. The lowest BCUT2D eigenvalue weighted by molar-refractivity contribution is -0.150. The monoisotopic (exact) mass is 396 g/mol. The van der Waals surface area contributed by atoms with Crippen molar-refractivity contribution < 1.29 is 19.1 Å². The van der Waals surface area contributed by atoms with Crippen molar-refractivity contribution in [1.29, 1.82) is 0 Å². The molecule has 1 aliphatic heterocycles. The Morgan fingerprint density at radius 2 is 1.82 bits per heavy atom. The van der Waals surface area contributed by atoms with Crippen molar-refractivity contribution in [1.82, 2.24) is 0 Å². The molecule has 0 aromatic heterocycles. The summed E-state index contributed by atoms with van der Waals surface area (Å²) in [4.78, 5) is 26.3. The highest BCUT2D eigenvalue weighted by molar-refractivity contribution is 6.30. The van der Waals surface area contributed by atoms with E-state index in [0.29, 0.717) is 28.3 Å². The molecule has 0 N–H and O–H groups in total. The highest BCUT2D eigenvalue weighted by Crippen LogP contribution is 2.52. The Bertz CT molecular complexity index is 984. The van der Waals surface area contributed by atoms with Gasteiger partial charge in [0.25, 0.3) is 0 Å². The molecule has 28 heavy (non-hydrogen) atoms. The number of carbonyl (C=O) groups excluding carboxylic acids is 2. The number of halogens is 1. The van der Waals surface area contributed by atoms with Gasteiger partial charge in [-0.15, -0.1) is 0 Å². The second-order valence-corrected chi connectivity index (χ2v) is 8.60. The number of para-hydroxylation sites is 1. The maximum Gasteiger partial charge on any atom is 0.335 e. The van der Waals surface area contributed by atoms with Crippen LogP contribution in [0.15, 0.2) is 60.2 Å². The Balaban J connectivity index is 1.80. The van der Waals surface area contributed by atoms with Crippen molar-refractivity contribution in [3.63, 3.8) is 0 Å². The Kier molecular flexibility index (Phi) is 4.35. The fraction of sp³-hybridized carbons (Fsp3) is 0.304. The normalized spacial score (nSPS) is 23.4. The molecule has 0 unspecified atom stereocenters. The molecule has 4 rings (SSSR count). The average Bonchev–Trinajstić information content (AvgIpc) is 3.14. The predicted octanol–water partition coefficient (Wildman–Crippen LogP) is 5.11. The van der Waals surface area contributed by atoms with Gasteiger partial charge in [-0.1, -0.05) is 41.9 Å². The number of ketones is 1. The molecule has 0 amide bonds. The molecule has 144 valence electrons. The molecule has 2 aromatic carbocycles. The Morgan fingerprint density at radius 3 is 2.46 bits per heavy atom. The van der Waals surface area contributed by atoms with Crippen molar-refractivity contribution in [2.24, 2.45) is 0 Å². The van der Waals surface area contributed by atoms with Gasteiger partial charge < -0.3 is 9.47 Å². The third kappa shape index (κ3) is 3.02. The fourth-order valence-corrected chi connectivity index (χ4v) is 4.05. The standard InChI is InChI=1S/C23H21ClO4/c1-22(2,3)28-21(26)17-12-13-23(19(17)14-8-10-15(24)11-9-14)20(25)16-6-4-5-7-18(16)27-23/h4-12,19H,13H2,1-3H3/t19-,23+/m0/s1. The van der Waals surface area contributed by atoms with Gasteiger partial charge in [0.2, 0.25) is 5.78 Å². The van der Waals surface area contributed by atoms with E-state index < -0.39 is 23.1 Å². The van der Waals surface area contributed by atoms with E-state index in [0.717, 1.165) is 5.56 Å². The third-order valence-corrected chi connectivity index (χ3v) is 5.30. The van der Waals surface area contributed by atoms with Crippen LogP contribution in [0.2, 0.25) is 5.02 Å². The molecule has 0 saturated heterocycles. The van der Waals surface area contributed by atoms with Gasteiger partial charge in [0.15, 0.2) is 5.60 Å². The van der Waals surface area contributed by atoms with Crippen LogP contribution in [0.25, 0.3) is 0 Å². The van der Waals surface area contributed by atoms with Gasteiger partial charge in [-0.2, -0.15) is 0 Å². The number of benzene rings is 2. The van der Waals surface area contributed by atoms with Crippen LogP contribution >= 0.6 is 11.6 Å². The van der Waals surface area contributed by atoms with Gasteiger partial charge in [0.05, 0.1) is 11.5 Å². The van der Waals surface area contributed by atoms with Gasteiger partial charge in [0.1, 0.15) is 11.4 Å². The summed E-state index contributed by atoms with van der Waals surface area (Å²) in [7, 11) is 0. The van der Waals surface area contributed by atoms with E-state index >= 15 is 0 Å². The average molecular weight is 397 g/mol. The molecular weight excluding hydrogens is 376 g/mol. The lowest BCUT2D eigenvalue weighted by Gasteiger charge is -2.32. The van der Waals surface area contributed by atoms with Crippen LogP contribution in [0.1, 0.15) is 49.0 Å². The van der Waals surface area contributed by atoms with Gasteiger partial charge >= 0.3 is 5.97 Å². The lowest BCUT2D eigenvalue weighted by atomic mass is 9.77. The van der Waals surface area contributed by atoms with Crippen molar-refractivity contribution in [3.8, 4) is 5.75 Å². The van der Waals surface area contributed by atoms with E-state index in [9.17, 15) is 9.59 Å². The molecule has 1 heterocycles. The predicted molar refractivity (Wildman–Crippen MR) is 107 cm³/mol. The summed E-state index contributed by atoms with van der Waals surface area (Å²) in [5.74, 6) is -0.570. The van der Waals surface area contributed by atoms with E-state index in [1.165, 1.54) is 0 Å². The lowest BCUT2D eigenvalue weighted by Crippen LogP contribution is -2.44. The van der Waals surface area contributed by atoms with Crippen LogP contribution in [0, 0.1) is 0 Å². The summed E-state index contributed by atoms with van der Waals surface area (Å²) in [6.45, 7) is 5.46. The maximum absolute atomic E-state index is 13.4. The molecule has 4 nitrogen and oxygen atoms in total. The van der Waals surface area contributed by atoms with Crippen LogP contribution in [0.3, 0.4) is 0 Å². The molecule has 1 spiro atoms. The van der Waals surface area contributed by atoms with E-state index in [-0.39, 0.29) is 5.78 Å². The SMILES string of the molecule is CC(C)(C)OC(=O)C1=CC[C@@]2(Oc3ccccc3C2=O)[C@H]1c1ccc(Cl)cc1. The zero-order valence-corrected chi connectivity index (χ0v) is 16.7. The van der Waals surface area contributed by atoms with Crippen molar-refractivity contribution in [3.05, 3.63) is 76.3 Å². The van der Waals surface area contributed by atoms with Crippen LogP contribution in [-0.2, 0) is 9.53 Å². The number of Topliss-reactive ketones (excluding diaryl/α,β-unsaturated/α-hetero) is 1. The minimum absolute atomic E-state index is 0.113. The third-order valence-electron chi connectivity index (χ3n) is 5.05. The first-order valence-electron chi connectivity index (χ1n) is 9.23. The number of carbonyl (C=O) groups is 2. The number of hydrogen-bond acceptors (Lipinski definition) is 4. The van der Waals surface area contributed by atoms with E-state index in [4.69, 9.17) is 21.1 Å². The molecule has 0 fully saturated rings. The zero-order valence-electron chi connectivity index (χ0n) is 16.0. The maximum atomic E-state index is 13.4. The second kappa shape index (κ2) is 6.49. The largest absolute Gasteiger partial charge is 0.477 e. The Hall–Kier alpha value is -2.59. The highest BCUT2D eigenvalue weighted by atomic mass is 35.5. The summed E-state index contributed by atoms with van der Waals surface area (Å²) in [6, 6.07) is 14.4. The van der Waals surface area contributed by atoms with Gasteiger partial charge in [-0.25, -0.2) is 4.79 Å². The smallest absolute Gasteiger partial charge is 0.335 e. The molecule has 5 heteroatoms. The molecule has 2 atom stereocenters. The highest BCUT2D eigenvalue weighted by Gasteiger charge is 2.58. The summed E-state index contributed by atoms with van der Waals surface area (Å²) >= 11 is 6.05. The number of fused-ring (bicyclic) bond motifs is 1. The summed E-state index contributed by atoms with van der Waals surface area (Å²) < 4.78 is 11.8. The topological polar surface area (TPSA) is 52.6 Å². The number of esters is 1. The molecule has 1 aliphatic carbocycles. The van der Waals surface area contributed by atoms with Crippen LogP contribution in [0.4, 0.5) is 0 Å². The number of rotatable bonds is 2. The summed E-state index contributed by atoms with van der Waals surface area (Å²) in [5, 5.41) is 0.584. The Labute approximate surface area is 169 Å². The van der Waals surface area contributed by atoms with E-state index in [1.807, 2.05) is 45.0 Å². The van der Waals surface area contributed by atoms with Crippen molar-refractivity contribution >= 4 is 23.4 Å². The van der Waals surface area contributed by atoms with Gasteiger partial charge in [-0.3, -0.25) is 4.79 Å². The van der Waals surface area contributed by atoms with Gasteiger partial charge in [0, 0.05) is 17.0 Å². The zero-order chi connectivity index (χ0) is 20.1. The Morgan fingerprint density at radius 1 is 1.14 bits per heavy atom.